The molecule has 1 aliphatic carbocycles. The van der Waals surface area contributed by atoms with Gasteiger partial charge in [0, 0.05) is 6.04 Å². The molecule has 1 fully saturated rings. The first-order chi connectivity index (χ1) is 6.32. The van der Waals surface area contributed by atoms with E-state index in [1.165, 1.54) is 0 Å². The highest BCUT2D eigenvalue weighted by Crippen LogP contribution is 2.41. The lowest BCUT2D eigenvalue weighted by atomic mass is 9.77. The summed E-state index contributed by atoms with van der Waals surface area (Å²) in [5, 5.41) is 0. The zero-order valence-corrected chi connectivity index (χ0v) is 8.93. The molecule has 0 N–H and O–H groups in total. The molecule has 0 aromatic carbocycles. The Hall–Kier alpha value is -0.250. The summed E-state index contributed by atoms with van der Waals surface area (Å²) in [5.74, 6) is -1.32. The first kappa shape index (κ1) is 11.8. The lowest BCUT2D eigenvalue weighted by Gasteiger charge is -2.38. The second-order valence-electron chi connectivity index (χ2n) is 4.56. The van der Waals surface area contributed by atoms with E-state index < -0.39 is 12.1 Å². The molecule has 1 nitrogen and oxygen atoms in total. The number of halogens is 3. The summed E-state index contributed by atoms with van der Waals surface area (Å²) in [6.45, 7) is 1.71. The maximum Gasteiger partial charge on any atom is 0.392 e. The molecule has 0 heterocycles. The molecule has 0 saturated heterocycles. The summed E-state index contributed by atoms with van der Waals surface area (Å²) in [5.41, 5.74) is 0. The number of alkyl halides is 3. The van der Waals surface area contributed by atoms with E-state index in [4.69, 9.17) is 0 Å². The van der Waals surface area contributed by atoms with Crippen molar-refractivity contribution in [3.8, 4) is 0 Å². The predicted molar refractivity (Wildman–Crippen MR) is 50.0 cm³/mol. The maximum absolute atomic E-state index is 12.6. The Morgan fingerprint density at radius 3 is 2.14 bits per heavy atom. The van der Waals surface area contributed by atoms with Crippen molar-refractivity contribution in [3.05, 3.63) is 0 Å². The van der Waals surface area contributed by atoms with Crippen LogP contribution in [0.25, 0.3) is 0 Å². The van der Waals surface area contributed by atoms with E-state index >= 15 is 0 Å². The topological polar surface area (TPSA) is 3.24 Å². The van der Waals surface area contributed by atoms with Gasteiger partial charge in [0.1, 0.15) is 0 Å². The monoisotopic (exact) mass is 209 g/mol. The van der Waals surface area contributed by atoms with Gasteiger partial charge in [-0.15, -0.1) is 0 Å². The van der Waals surface area contributed by atoms with Crippen LogP contribution in [0, 0.1) is 11.8 Å². The third-order valence-electron chi connectivity index (χ3n) is 3.32. The third kappa shape index (κ3) is 2.62. The standard InChI is InChI=1S/C10H18F3N/c1-7-4-5-8(14(2)3)6-9(7)10(11,12)13/h7-9H,4-6H2,1-3H3. The normalized spacial score (nSPS) is 34.9. The first-order valence-corrected chi connectivity index (χ1v) is 5.05. The maximum atomic E-state index is 12.6. The fourth-order valence-corrected chi connectivity index (χ4v) is 2.23. The van der Waals surface area contributed by atoms with Crippen molar-refractivity contribution in [3.63, 3.8) is 0 Å². The van der Waals surface area contributed by atoms with Gasteiger partial charge < -0.3 is 4.90 Å². The number of hydrogen-bond donors (Lipinski definition) is 0. The summed E-state index contributed by atoms with van der Waals surface area (Å²) in [6.07, 6.45) is -2.18. The van der Waals surface area contributed by atoms with Crippen LogP contribution in [0.2, 0.25) is 0 Å². The predicted octanol–water partition coefficient (Wildman–Crippen LogP) is 2.92. The summed E-state index contributed by atoms with van der Waals surface area (Å²) in [6, 6.07) is 0.0952. The quantitative estimate of drug-likeness (QED) is 0.641. The van der Waals surface area contributed by atoms with Crippen LogP contribution >= 0.6 is 0 Å². The van der Waals surface area contributed by atoms with Gasteiger partial charge in [-0.3, -0.25) is 0 Å². The molecule has 1 rings (SSSR count). The zero-order valence-electron chi connectivity index (χ0n) is 8.93. The molecule has 0 aliphatic heterocycles. The van der Waals surface area contributed by atoms with E-state index in [0.29, 0.717) is 6.42 Å². The molecule has 0 amide bonds. The van der Waals surface area contributed by atoms with Crippen LogP contribution in [-0.4, -0.2) is 31.2 Å². The minimum atomic E-state index is -4.02. The fourth-order valence-electron chi connectivity index (χ4n) is 2.23. The van der Waals surface area contributed by atoms with Crippen molar-refractivity contribution in [2.24, 2.45) is 11.8 Å². The van der Waals surface area contributed by atoms with Crippen LogP contribution < -0.4 is 0 Å². The Morgan fingerprint density at radius 2 is 1.71 bits per heavy atom. The summed E-state index contributed by atoms with van der Waals surface area (Å²) in [7, 11) is 3.71. The average molecular weight is 209 g/mol. The minimum Gasteiger partial charge on any atom is -0.306 e. The van der Waals surface area contributed by atoms with Gasteiger partial charge in [-0.1, -0.05) is 6.92 Å². The summed E-state index contributed by atoms with van der Waals surface area (Å²) in [4.78, 5) is 1.91. The van der Waals surface area contributed by atoms with E-state index in [9.17, 15) is 13.2 Å². The molecule has 4 heteroatoms. The highest BCUT2D eigenvalue weighted by Gasteiger charge is 2.46. The van der Waals surface area contributed by atoms with Crippen LogP contribution in [0.5, 0.6) is 0 Å². The van der Waals surface area contributed by atoms with Crippen LogP contribution in [0.4, 0.5) is 13.2 Å². The molecule has 3 atom stereocenters. The Balaban J connectivity index is 2.65. The van der Waals surface area contributed by atoms with Gasteiger partial charge in [0.2, 0.25) is 0 Å². The average Bonchev–Trinajstić information content (AvgIpc) is 2.02. The van der Waals surface area contributed by atoms with Crippen molar-refractivity contribution in [1.82, 2.24) is 4.90 Å². The first-order valence-electron chi connectivity index (χ1n) is 5.05. The molecule has 1 aliphatic rings. The lowest BCUT2D eigenvalue weighted by Crippen LogP contribution is -2.41. The van der Waals surface area contributed by atoms with E-state index in [1.54, 1.807) is 6.92 Å². The zero-order chi connectivity index (χ0) is 10.9. The third-order valence-corrected chi connectivity index (χ3v) is 3.32. The molecule has 0 bridgehead atoms. The number of nitrogens with zero attached hydrogens (tertiary/aromatic N) is 1. The molecular formula is C10H18F3N. The molecule has 1 saturated carbocycles. The van der Waals surface area contributed by atoms with Crippen molar-refractivity contribution in [2.45, 2.75) is 38.4 Å². The van der Waals surface area contributed by atoms with Gasteiger partial charge in [-0.05, 0) is 39.3 Å². The fraction of sp³-hybridized carbons (Fsp3) is 1.00. The van der Waals surface area contributed by atoms with Gasteiger partial charge in [0.15, 0.2) is 0 Å². The highest BCUT2D eigenvalue weighted by atomic mass is 19.4. The van der Waals surface area contributed by atoms with Crippen molar-refractivity contribution < 1.29 is 13.2 Å². The molecule has 0 radical (unpaired) electrons. The van der Waals surface area contributed by atoms with Crippen LogP contribution in [0.3, 0.4) is 0 Å². The van der Waals surface area contributed by atoms with Crippen LogP contribution in [0.1, 0.15) is 26.2 Å². The Bertz CT molecular complexity index is 188. The Kier molecular flexibility index (Phi) is 3.45. The van der Waals surface area contributed by atoms with Crippen molar-refractivity contribution in [2.75, 3.05) is 14.1 Å². The Morgan fingerprint density at radius 1 is 1.14 bits per heavy atom. The van der Waals surface area contributed by atoms with Gasteiger partial charge >= 0.3 is 6.18 Å². The van der Waals surface area contributed by atoms with Crippen LogP contribution in [-0.2, 0) is 0 Å². The summed E-state index contributed by atoms with van der Waals surface area (Å²) < 4.78 is 37.8. The molecule has 0 spiro atoms. The minimum absolute atomic E-state index is 0.0952. The van der Waals surface area contributed by atoms with E-state index in [0.717, 1.165) is 6.42 Å². The van der Waals surface area contributed by atoms with Gasteiger partial charge in [0.05, 0.1) is 5.92 Å². The van der Waals surface area contributed by atoms with Crippen molar-refractivity contribution in [1.29, 1.82) is 0 Å². The Labute approximate surface area is 83.3 Å². The van der Waals surface area contributed by atoms with Gasteiger partial charge in [-0.25, -0.2) is 0 Å². The van der Waals surface area contributed by atoms with Gasteiger partial charge in [-0.2, -0.15) is 13.2 Å². The molecule has 14 heavy (non-hydrogen) atoms. The lowest BCUT2D eigenvalue weighted by molar-refractivity contribution is -0.198. The molecule has 3 unspecified atom stereocenters. The number of rotatable bonds is 1. The SMILES string of the molecule is CC1CCC(N(C)C)CC1C(F)(F)F. The van der Waals surface area contributed by atoms with E-state index in [1.807, 2.05) is 19.0 Å². The number of hydrogen-bond acceptors (Lipinski definition) is 1. The smallest absolute Gasteiger partial charge is 0.306 e. The van der Waals surface area contributed by atoms with E-state index in [-0.39, 0.29) is 18.4 Å². The van der Waals surface area contributed by atoms with E-state index in [2.05, 4.69) is 0 Å². The van der Waals surface area contributed by atoms with Crippen LogP contribution in [0.15, 0.2) is 0 Å². The highest BCUT2D eigenvalue weighted by molar-refractivity contribution is 4.85. The second kappa shape index (κ2) is 4.09. The molecular weight excluding hydrogens is 191 g/mol. The second-order valence-corrected chi connectivity index (χ2v) is 4.56. The van der Waals surface area contributed by atoms with Crippen molar-refractivity contribution >= 4 is 0 Å². The summed E-state index contributed by atoms with van der Waals surface area (Å²) >= 11 is 0. The van der Waals surface area contributed by atoms with Gasteiger partial charge in [0.25, 0.3) is 0 Å². The largest absolute Gasteiger partial charge is 0.392 e. The molecule has 0 aromatic rings. The molecule has 84 valence electrons. The molecule has 0 aromatic heterocycles.